The van der Waals surface area contributed by atoms with Crippen LogP contribution in [0.3, 0.4) is 0 Å². The smallest absolute Gasteiger partial charge is 0.0953 e. The van der Waals surface area contributed by atoms with Crippen molar-refractivity contribution in [3.05, 3.63) is 36.3 Å². The second kappa shape index (κ2) is 5.92. The van der Waals surface area contributed by atoms with E-state index >= 15 is 0 Å². The number of nitrogens with zero attached hydrogens (tertiary/aromatic N) is 2. The van der Waals surface area contributed by atoms with E-state index < -0.39 is 0 Å². The summed E-state index contributed by atoms with van der Waals surface area (Å²) in [6.45, 7) is 7.92. The maximum atomic E-state index is 4.41. The van der Waals surface area contributed by atoms with Gasteiger partial charge < -0.3 is 9.88 Å². The Labute approximate surface area is 127 Å². The highest BCUT2D eigenvalue weighted by atomic mass is 15.1. The van der Waals surface area contributed by atoms with E-state index in [9.17, 15) is 0 Å². The van der Waals surface area contributed by atoms with Gasteiger partial charge in [0, 0.05) is 23.8 Å². The van der Waals surface area contributed by atoms with Gasteiger partial charge in [0.25, 0.3) is 0 Å². The lowest BCUT2D eigenvalue weighted by Crippen LogP contribution is -2.07. The van der Waals surface area contributed by atoms with Crippen LogP contribution in [0.5, 0.6) is 0 Å². The van der Waals surface area contributed by atoms with Crippen molar-refractivity contribution in [2.75, 3.05) is 11.9 Å². The minimum atomic E-state index is 0.488. The van der Waals surface area contributed by atoms with E-state index in [1.54, 1.807) is 0 Å². The van der Waals surface area contributed by atoms with Crippen molar-refractivity contribution in [3.63, 3.8) is 0 Å². The predicted octanol–water partition coefficient (Wildman–Crippen LogP) is 4.52. The van der Waals surface area contributed by atoms with Gasteiger partial charge in [-0.1, -0.05) is 32.0 Å². The average Bonchev–Trinajstić information content (AvgIpc) is 3.12. The third-order valence-corrected chi connectivity index (χ3v) is 4.43. The fourth-order valence-electron chi connectivity index (χ4n) is 3.13. The van der Waals surface area contributed by atoms with Crippen LogP contribution in [0.4, 0.5) is 5.69 Å². The molecule has 2 aromatic rings. The molecule has 21 heavy (non-hydrogen) atoms. The lowest BCUT2D eigenvalue weighted by atomic mass is 10.0. The molecule has 1 atom stereocenters. The molecule has 3 nitrogen and oxygen atoms in total. The molecule has 1 N–H and O–H groups in total. The molecule has 0 bridgehead atoms. The van der Waals surface area contributed by atoms with Crippen LogP contribution in [-0.2, 0) is 6.42 Å². The normalized spacial score (nSPS) is 15.0. The van der Waals surface area contributed by atoms with Gasteiger partial charge in [-0.25, -0.2) is 4.98 Å². The van der Waals surface area contributed by atoms with Crippen LogP contribution in [0.15, 0.2) is 30.7 Å². The molecular weight excluding hydrogens is 258 g/mol. The highest BCUT2D eigenvalue weighted by Crippen LogP contribution is 2.35. The number of anilines is 1. The fraction of sp³-hybridized carbons (Fsp3) is 0.500. The molecular formula is C18H25N3. The monoisotopic (exact) mass is 283 g/mol. The van der Waals surface area contributed by atoms with E-state index in [1.807, 2.05) is 12.5 Å². The number of fused-ring (bicyclic) bond motifs is 1. The van der Waals surface area contributed by atoms with E-state index in [4.69, 9.17) is 0 Å². The van der Waals surface area contributed by atoms with Crippen molar-refractivity contribution in [2.45, 2.75) is 46.1 Å². The second-order valence-corrected chi connectivity index (χ2v) is 6.52. The molecule has 0 saturated heterocycles. The molecule has 1 aliphatic rings. The number of benzene rings is 1. The van der Waals surface area contributed by atoms with Crippen LogP contribution in [0.1, 0.15) is 45.2 Å². The molecule has 1 unspecified atom stereocenters. The zero-order valence-electron chi connectivity index (χ0n) is 13.3. The summed E-state index contributed by atoms with van der Waals surface area (Å²) in [4.78, 5) is 4.41. The summed E-state index contributed by atoms with van der Waals surface area (Å²) >= 11 is 0. The number of para-hydroxylation sites is 1. The molecule has 0 fully saturated rings. The molecule has 1 aromatic carbocycles. The molecule has 0 saturated carbocycles. The number of hydrogen-bond acceptors (Lipinski definition) is 2. The molecule has 3 rings (SSSR count). The first-order valence-corrected chi connectivity index (χ1v) is 8.04. The molecule has 0 amide bonds. The van der Waals surface area contributed by atoms with Gasteiger partial charge in [-0.15, -0.1) is 0 Å². The summed E-state index contributed by atoms with van der Waals surface area (Å²) in [6, 6.07) is 7.08. The van der Waals surface area contributed by atoms with Gasteiger partial charge in [-0.3, -0.25) is 0 Å². The Bertz CT molecular complexity index is 613. The molecule has 0 spiro atoms. The van der Waals surface area contributed by atoms with Crippen LogP contribution in [-0.4, -0.2) is 16.1 Å². The van der Waals surface area contributed by atoms with Crippen LogP contribution >= 0.6 is 0 Å². The van der Waals surface area contributed by atoms with Gasteiger partial charge in [-0.05, 0) is 37.7 Å². The third-order valence-electron chi connectivity index (χ3n) is 4.43. The maximum absolute atomic E-state index is 4.41. The molecule has 0 aliphatic carbocycles. The highest BCUT2D eigenvalue weighted by molar-refractivity contribution is 5.79. The SMILES string of the molecule is CC(C)CCC(C)n1cncc1-c1cccc2c1NCC2. The van der Waals surface area contributed by atoms with Gasteiger partial charge in [0.05, 0.1) is 18.2 Å². The van der Waals surface area contributed by atoms with E-state index in [2.05, 4.69) is 53.8 Å². The minimum Gasteiger partial charge on any atom is -0.384 e. The van der Waals surface area contributed by atoms with Crippen molar-refractivity contribution in [1.82, 2.24) is 9.55 Å². The third kappa shape index (κ3) is 2.82. The Balaban J connectivity index is 1.91. The van der Waals surface area contributed by atoms with Crippen LogP contribution in [0.2, 0.25) is 0 Å². The van der Waals surface area contributed by atoms with Crippen LogP contribution in [0, 0.1) is 5.92 Å². The second-order valence-electron chi connectivity index (χ2n) is 6.52. The number of aromatic nitrogens is 2. The van der Waals surface area contributed by atoms with E-state index in [-0.39, 0.29) is 0 Å². The summed E-state index contributed by atoms with van der Waals surface area (Å²) in [5.41, 5.74) is 5.25. The van der Waals surface area contributed by atoms with Gasteiger partial charge in [-0.2, -0.15) is 0 Å². The molecule has 1 aliphatic heterocycles. The number of rotatable bonds is 5. The summed E-state index contributed by atoms with van der Waals surface area (Å²) in [7, 11) is 0. The van der Waals surface area contributed by atoms with E-state index in [0.717, 1.165) is 18.9 Å². The summed E-state index contributed by atoms with van der Waals surface area (Å²) in [5.74, 6) is 0.752. The molecule has 1 aromatic heterocycles. The van der Waals surface area contributed by atoms with Crippen LogP contribution in [0.25, 0.3) is 11.3 Å². The standard InChI is InChI=1S/C18H25N3/c1-13(2)7-8-14(3)21-12-19-11-17(21)16-6-4-5-15-9-10-20-18(15)16/h4-6,11-14,20H,7-10H2,1-3H3. The Morgan fingerprint density at radius 3 is 2.90 bits per heavy atom. The molecule has 112 valence electrons. The van der Waals surface area contributed by atoms with Crippen molar-refractivity contribution in [1.29, 1.82) is 0 Å². The van der Waals surface area contributed by atoms with Gasteiger partial charge in [0.1, 0.15) is 0 Å². The predicted molar refractivity (Wildman–Crippen MR) is 88.6 cm³/mol. The first-order chi connectivity index (χ1) is 10.2. The number of imidazole rings is 1. The van der Waals surface area contributed by atoms with E-state index in [1.165, 1.54) is 35.3 Å². The Hall–Kier alpha value is -1.77. The fourth-order valence-corrected chi connectivity index (χ4v) is 3.13. The quantitative estimate of drug-likeness (QED) is 0.874. The largest absolute Gasteiger partial charge is 0.384 e. The van der Waals surface area contributed by atoms with Crippen molar-refractivity contribution in [2.24, 2.45) is 5.92 Å². The number of hydrogen-bond donors (Lipinski definition) is 1. The summed E-state index contributed by atoms with van der Waals surface area (Å²) < 4.78 is 2.33. The lowest BCUT2D eigenvalue weighted by molar-refractivity contribution is 0.441. The van der Waals surface area contributed by atoms with E-state index in [0.29, 0.717) is 6.04 Å². The van der Waals surface area contributed by atoms with Crippen LogP contribution < -0.4 is 5.32 Å². The first-order valence-electron chi connectivity index (χ1n) is 8.04. The summed E-state index contributed by atoms with van der Waals surface area (Å²) in [5, 5.41) is 3.53. The Kier molecular flexibility index (Phi) is 4.00. The topological polar surface area (TPSA) is 29.9 Å². The first kappa shape index (κ1) is 14.2. The van der Waals surface area contributed by atoms with Gasteiger partial charge >= 0.3 is 0 Å². The zero-order valence-corrected chi connectivity index (χ0v) is 13.3. The average molecular weight is 283 g/mol. The molecule has 0 radical (unpaired) electrons. The highest BCUT2D eigenvalue weighted by Gasteiger charge is 2.18. The Morgan fingerprint density at radius 2 is 2.10 bits per heavy atom. The maximum Gasteiger partial charge on any atom is 0.0953 e. The zero-order chi connectivity index (χ0) is 14.8. The molecule has 2 heterocycles. The minimum absolute atomic E-state index is 0.488. The van der Waals surface area contributed by atoms with Crippen molar-refractivity contribution in [3.8, 4) is 11.3 Å². The van der Waals surface area contributed by atoms with Gasteiger partial charge in [0.15, 0.2) is 0 Å². The molecule has 3 heteroatoms. The van der Waals surface area contributed by atoms with Gasteiger partial charge in [0.2, 0.25) is 0 Å². The summed E-state index contributed by atoms with van der Waals surface area (Å²) in [6.07, 6.45) is 7.56. The van der Waals surface area contributed by atoms with Crippen molar-refractivity contribution >= 4 is 5.69 Å². The van der Waals surface area contributed by atoms with Crippen molar-refractivity contribution < 1.29 is 0 Å². The lowest BCUT2D eigenvalue weighted by Gasteiger charge is -2.19. The number of nitrogens with one attached hydrogen (secondary N) is 1. The Morgan fingerprint density at radius 1 is 1.24 bits per heavy atom.